The van der Waals surface area contributed by atoms with E-state index in [2.05, 4.69) is 22.1 Å². The Morgan fingerprint density at radius 2 is 1.83 bits per heavy atom. The molecule has 0 spiro atoms. The first-order valence-corrected chi connectivity index (χ1v) is 6.94. The molecular formula is C15H21N3. The van der Waals surface area contributed by atoms with Gasteiger partial charge in [0, 0.05) is 17.5 Å². The van der Waals surface area contributed by atoms with Crippen molar-refractivity contribution in [2.45, 2.75) is 44.2 Å². The topological polar surface area (TPSA) is 31.9 Å². The molecule has 96 valence electrons. The fourth-order valence-electron chi connectivity index (χ4n) is 3.26. The molecule has 2 aliphatic rings. The van der Waals surface area contributed by atoms with Gasteiger partial charge in [-0.05, 0) is 38.8 Å². The van der Waals surface area contributed by atoms with E-state index in [4.69, 9.17) is 0 Å². The van der Waals surface area contributed by atoms with Crippen molar-refractivity contribution in [1.29, 1.82) is 0 Å². The van der Waals surface area contributed by atoms with Crippen molar-refractivity contribution in [3.8, 4) is 0 Å². The van der Waals surface area contributed by atoms with E-state index >= 15 is 0 Å². The molecule has 0 radical (unpaired) electrons. The molecule has 2 unspecified atom stereocenters. The maximum absolute atomic E-state index is 3.88. The van der Waals surface area contributed by atoms with E-state index in [0.717, 1.165) is 23.0 Å². The fourth-order valence-corrected chi connectivity index (χ4v) is 3.26. The Morgan fingerprint density at radius 3 is 2.50 bits per heavy atom. The Balaban J connectivity index is 0.000000111. The van der Waals surface area contributed by atoms with Crippen LogP contribution in [0.2, 0.25) is 0 Å². The number of benzene rings is 1. The molecule has 3 heterocycles. The lowest BCUT2D eigenvalue weighted by Crippen LogP contribution is -2.35. The maximum Gasteiger partial charge on any atom is 0.0650 e. The summed E-state index contributed by atoms with van der Waals surface area (Å²) >= 11 is 0. The van der Waals surface area contributed by atoms with E-state index < -0.39 is 0 Å². The van der Waals surface area contributed by atoms with Gasteiger partial charge < -0.3 is 4.90 Å². The lowest BCUT2D eigenvalue weighted by molar-refractivity contribution is 0.179. The molecule has 2 bridgehead atoms. The molecule has 2 saturated heterocycles. The van der Waals surface area contributed by atoms with Crippen LogP contribution in [0.25, 0.3) is 10.9 Å². The van der Waals surface area contributed by atoms with Crippen molar-refractivity contribution < 1.29 is 0 Å². The van der Waals surface area contributed by atoms with Gasteiger partial charge in [0.05, 0.1) is 11.7 Å². The first kappa shape index (κ1) is 11.7. The van der Waals surface area contributed by atoms with Crippen LogP contribution < -0.4 is 0 Å². The number of para-hydroxylation sites is 1. The number of H-pyrrole nitrogens is 1. The van der Waals surface area contributed by atoms with Crippen molar-refractivity contribution in [1.82, 2.24) is 15.1 Å². The summed E-state index contributed by atoms with van der Waals surface area (Å²) < 4.78 is 0. The third-order valence-electron chi connectivity index (χ3n) is 4.41. The standard InChI is InChI=1S/C8H15N.C7H6N2/c1-9-7-3-2-4-8(9)6-5-7;1-2-4-7-6(3-1)5-8-9-7/h7-8H,2-6H2,1H3;1-5H,(H,8,9). The minimum absolute atomic E-state index is 0.962. The molecule has 1 aromatic carbocycles. The van der Waals surface area contributed by atoms with Gasteiger partial charge >= 0.3 is 0 Å². The van der Waals surface area contributed by atoms with E-state index in [0.29, 0.717) is 0 Å². The second-order valence-electron chi connectivity index (χ2n) is 5.44. The fraction of sp³-hybridized carbons (Fsp3) is 0.533. The molecule has 3 heteroatoms. The average Bonchev–Trinajstić information content (AvgIpc) is 2.92. The largest absolute Gasteiger partial charge is 0.300 e. The second kappa shape index (κ2) is 5.11. The van der Waals surface area contributed by atoms with Gasteiger partial charge in [0.1, 0.15) is 0 Å². The molecule has 1 N–H and O–H groups in total. The van der Waals surface area contributed by atoms with Gasteiger partial charge in [-0.25, -0.2) is 0 Å². The van der Waals surface area contributed by atoms with Gasteiger partial charge in [-0.3, -0.25) is 5.10 Å². The summed E-state index contributed by atoms with van der Waals surface area (Å²) in [6.45, 7) is 0. The molecule has 3 nitrogen and oxygen atoms in total. The van der Waals surface area contributed by atoms with E-state index in [1.165, 1.54) is 32.1 Å². The monoisotopic (exact) mass is 243 g/mol. The van der Waals surface area contributed by atoms with Crippen LogP contribution in [0.3, 0.4) is 0 Å². The van der Waals surface area contributed by atoms with Crippen molar-refractivity contribution in [3.63, 3.8) is 0 Å². The summed E-state index contributed by atoms with van der Waals surface area (Å²) in [5.74, 6) is 0. The van der Waals surface area contributed by atoms with E-state index in [1.54, 1.807) is 0 Å². The molecule has 2 aromatic rings. The first-order valence-electron chi connectivity index (χ1n) is 6.94. The van der Waals surface area contributed by atoms with Crippen LogP contribution in [0.15, 0.2) is 30.5 Å². The number of nitrogens with one attached hydrogen (secondary N) is 1. The Hall–Kier alpha value is -1.35. The Labute approximate surface area is 108 Å². The highest BCUT2D eigenvalue weighted by Crippen LogP contribution is 2.33. The summed E-state index contributed by atoms with van der Waals surface area (Å²) in [5, 5.41) is 7.91. The predicted molar refractivity (Wildman–Crippen MR) is 74.5 cm³/mol. The average molecular weight is 243 g/mol. The molecule has 0 amide bonds. The molecule has 2 fully saturated rings. The van der Waals surface area contributed by atoms with Gasteiger partial charge in [0.2, 0.25) is 0 Å². The van der Waals surface area contributed by atoms with Crippen molar-refractivity contribution in [3.05, 3.63) is 30.5 Å². The minimum atomic E-state index is 0.962. The van der Waals surface area contributed by atoms with Crippen molar-refractivity contribution in [2.75, 3.05) is 7.05 Å². The van der Waals surface area contributed by atoms with Crippen LogP contribution in [0, 0.1) is 0 Å². The normalized spacial score (nSPS) is 26.9. The Bertz CT molecular complexity index is 459. The Morgan fingerprint density at radius 1 is 1.11 bits per heavy atom. The number of aromatic amines is 1. The molecule has 4 rings (SSSR count). The smallest absolute Gasteiger partial charge is 0.0650 e. The minimum Gasteiger partial charge on any atom is -0.300 e. The zero-order valence-corrected chi connectivity index (χ0v) is 11.0. The molecule has 1 aromatic heterocycles. The van der Waals surface area contributed by atoms with E-state index in [-0.39, 0.29) is 0 Å². The van der Waals surface area contributed by atoms with Gasteiger partial charge in [-0.2, -0.15) is 5.10 Å². The van der Waals surface area contributed by atoms with E-state index in [9.17, 15) is 0 Å². The molecule has 0 aliphatic carbocycles. The number of piperidine rings is 1. The highest BCUT2D eigenvalue weighted by Gasteiger charge is 2.33. The number of rotatable bonds is 0. The molecular weight excluding hydrogens is 222 g/mol. The van der Waals surface area contributed by atoms with Crippen LogP contribution in [-0.2, 0) is 0 Å². The molecule has 2 atom stereocenters. The van der Waals surface area contributed by atoms with Crippen LogP contribution in [0.4, 0.5) is 0 Å². The van der Waals surface area contributed by atoms with Crippen LogP contribution in [0.1, 0.15) is 32.1 Å². The predicted octanol–water partition coefficient (Wildman–Crippen LogP) is 3.20. The number of aromatic nitrogens is 2. The van der Waals surface area contributed by atoms with Crippen LogP contribution >= 0.6 is 0 Å². The third kappa shape index (κ3) is 2.27. The van der Waals surface area contributed by atoms with Crippen molar-refractivity contribution in [2.24, 2.45) is 0 Å². The molecule has 2 aliphatic heterocycles. The number of nitrogens with zero attached hydrogens (tertiary/aromatic N) is 2. The zero-order chi connectivity index (χ0) is 12.4. The first-order chi connectivity index (χ1) is 8.84. The zero-order valence-electron chi connectivity index (χ0n) is 11.0. The summed E-state index contributed by atoms with van der Waals surface area (Å²) in [4.78, 5) is 2.59. The van der Waals surface area contributed by atoms with Gasteiger partial charge in [-0.15, -0.1) is 0 Å². The summed E-state index contributed by atoms with van der Waals surface area (Å²) in [7, 11) is 2.29. The highest BCUT2D eigenvalue weighted by atomic mass is 15.2. The SMILES string of the molecule is CN1C2CCCC1CC2.c1ccc2[nH]ncc2c1. The van der Waals surface area contributed by atoms with Gasteiger partial charge in [-0.1, -0.05) is 24.6 Å². The Kier molecular flexibility index (Phi) is 3.33. The van der Waals surface area contributed by atoms with Crippen molar-refractivity contribution >= 4 is 10.9 Å². The summed E-state index contributed by atoms with van der Waals surface area (Å²) in [6, 6.07) is 9.94. The van der Waals surface area contributed by atoms with E-state index in [1.807, 2.05) is 30.5 Å². The maximum atomic E-state index is 3.88. The second-order valence-corrected chi connectivity index (χ2v) is 5.44. The lowest BCUT2D eigenvalue weighted by Gasteiger charge is -2.30. The molecule has 18 heavy (non-hydrogen) atoms. The number of fused-ring (bicyclic) bond motifs is 3. The summed E-state index contributed by atoms with van der Waals surface area (Å²) in [6.07, 6.45) is 9.18. The molecule has 0 saturated carbocycles. The number of hydrogen-bond acceptors (Lipinski definition) is 2. The highest BCUT2D eigenvalue weighted by molar-refractivity contribution is 5.77. The summed E-state index contributed by atoms with van der Waals surface area (Å²) in [5.41, 5.74) is 1.09. The quantitative estimate of drug-likeness (QED) is 0.770. The van der Waals surface area contributed by atoms with Gasteiger partial charge in [0.25, 0.3) is 0 Å². The van der Waals surface area contributed by atoms with Crippen LogP contribution in [-0.4, -0.2) is 34.2 Å². The van der Waals surface area contributed by atoms with Crippen LogP contribution in [0.5, 0.6) is 0 Å². The number of hydrogen-bond donors (Lipinski definition) is 1. The lowest BCUT2D eigenvalue weighted by atomic mass is 10.0. The third-order valence-corrected chi connectivity index (χ3v) is 4.41. The van der Waals surface area contributed by atoms with Gasteiger partial charge in [0.15, 0.2) is 0 Å².